The second-order valence-electron chi connectivity index (χ2n) is 6.38. The second kappa shape index (κ2) is 6.19. The molecule has 2 nitrogen and oxygen atoms in total. The average Bonchev–Trinajstić information content (AvgIpc) is 2.45. The summed E-state index contributed by atoms with van der Waals surface area (Å²) < 4.78 is 0. The minimum absolute atomic E-state index is 0.202. The summed E-state index contributed by atoms with van der Waals surface area (Å²) in [6.45, 7) is 9.04. The Morgan fingerprint density at radius 3 is 2.00 bits per heavy atom. The van der Waals surface area contributed by atoms with Crippen LogP contribution < -0.4 is 5.32 Å². The molecule has 0 saturated heterocycles. The number of pyridine rings is 1. The van der Waals surface area contributed by atoms with E-state index in [-0.39, 0.29) is 11.5 Å². The monoisotopic (exact) mass is 268 g/mol. The van der Waals surface area contributed by atoms with Crippen LogP contribution >= 0.6 is 0 Å². The molecule has 1 heterocycles. The van der Waals surface area contributed by atoms with Crippen LogP contribution in [-0.2, 0) is 0 Å². The van der Waals surface area contributed by atoms with Gasteiger partial charge < -0.3 is 5.32 Å². The van der Waals surface area contributed by atoms with Crippen LogP contribution in [0.1, 0.15) is 44.9 Å². The summed E-state index contributed by atoms with van der Waals surface area (Å²) in [7, 11) is 0. The summed E-state index contributed by atoms with van der Waals surface area (Å²) in [5, 5.41) is 3.76. The Morgan fingerprint density at radius 1 is 0.900 bits per heavy atom. The number of aromatic nitrogens is 1. The molecule has 0 bridgehead atoms. The standard InChI is InChI=1S/C18H24N2/c1-14(18(2,3)4)20-17(15-8-6-5-7-9-15)16-10-12-19-13-11-16/h5-14,17,20H,1-4H3. The van der Waals surface area contributed by atoms with Gasteiger partial charge in [0, 0.05) is 18.4 Å². The molecule has 2 atom stereocenters. The van der Waals surface area contributed by atoms with Crippen LogP contribution in [0.3, 0.4) is 0 Å². The first-order valence-corrected chi connectivity index (χ1v) is 7.19. The van der Waals surface area contributed by atoms with Crippen molar-refractivity contribution in [3.8, 4) is 0 Å². The zero-order chi connectivity index (χ0) is 14.6. The first-order valence-electron chi connectivity index (χ1n) is 7.19. The Labute approximate surface area is 122 Å². The van der Waals surface area contributed by atoms with Crippen molar-refractivity contribution in [1.29, 1.82) is 0 Å². The van der Waals surface area contributed by atoms with Crippen molar-refractivity contribution in [3.05, 3.63) is 66.0 Å². The molecule has 0 radical (unpaired) electrons. The summed E-state index contributed by atoms with van der Waals surface area (Å²) in [5.74, 6) is 0. The van der Waals surface area contributed by atoms with Crippen LogP contribution in [-0.4, -0.2) is 11.0 Å². The molecular formula is C18H24N2. The second-order valence-corrected chi connectivity index (χ2v) is 6.38. The Morgan fingerprint density at radius 2 is 1.45 bits per heavy atom. The fourth-order valence-electron chi connectivity index (χ4n) is 2.09. The van der Waals surface area contributed by atoms with Gasteiger partial charge in [0.2, 0.25) is 0 Å². The Hall–Kier alpha value is -1.67. The fraction of sp³-hybridized carbons (Fsp3) is 0.389. The van der Waals surface area contributed by atoms with E-state index in [9.17, 15) is 0 Å². The van der Waals surface area contributed by atoms with Crippen molar-refractivity contribution in [2.75, 3.05) is 0 Å². The van der Waals surface area contributed by atoms with Gasteiger partial charge in [0.15, 0.2) is 0 Å². The van der Waals surface area contributed by atoms with Crippen LogP contribution in [0.5, 0.6) is 0 Å². The topological polar surface area (TPSA) is 24.9 Å². The van der Waals surface area contributed by atoms with Gasteiger partial charge in [0.05, 0.1) is 6.04 Å². The number of benzene rings is 1. The van der Waals surface area contributed by atoms with Crippen LogP contribution in [0.25, 0.3) is 0 Å². The lowest BCUT2D eigenvalue weighted by Crippen LogP contribution is -2.40. The summed E-state index contributed by atoms with van der Waals surface area (Å²) in [6, 6.07) is 15.4. The van der Waals surface area contributed by atoms with E-state index in [0.29, 0.717) is 6.04 Å². The molecule has 0 aliphatic rings. The SMILES string of the molecule is CC(NC(c1ccccc1)c1ccncc1)C(C)(C)C. The van der Waals surface area contributed by atoms with Gasteiger partial charge in [-0.15, -0.1) is 0 Å². The lowest BCUT2D eigenvalue weighted by molar-refractivity contribution is 0.273. The van der Waals surface area contributed by atoms with E-state index < -0.39 is 0 Å². The number of nitrogens with zero attached hydrogens (tertiary/aromatic N) is 1. The van der Waals surface area contributed by atoms with Gasteiger partial charge in [-0.1, -0.05) is 51.1 Å². The Bertz CT molecular complexity index is 475. The molecule has 0 aliphatic heterocycles. The predicted octanol–water partition coefficient (Wildman–Crippen LogP) is 4.20. The molecule has 0 aliphatic carbocycles. The van der Waals surface area contributed by atoms with Crippen LogP contribution in [0.15, 0.2) is 54.9 Å². The lowest BCUT2D eigenvalue weighted by atomic mass is 9.86. The molecule has 1 aromatic carbocycles. The third-order valence-corrected chi connectivity index (χ3v) is 3.89. The number of rotatable bonds is 4. The normalized spacial score (nSPS) is 14.8. The van der Waals surface area contributed by atoms with Crippen LogP contribution in [0.2, 0.25) is 0 Å². The molecule has 1 N–H and O–H groups in total. The van der Waals surface area contributed by atoms with Crippen LogP contribution in [0, 0.1) is 5.41 Å². The van der Waals surface area contributed by atoms with Crippen molar-refractivity contribution < 1.29 is 0 Å². The Kier molecular flexibility index (Phi) is 4.56. The molecule has 0 amide bonds. The van der Waals surface area contributed by atoms with Crippen molar-refractivity contribution >= 4 is 0 Å². The summed E-state index contributed by atoms with van der Waals surface area (Å²) in [4.78, 5) is 4.12. The largest absolute Gasteiger partial charge is 0.303 e. The minimum Gasteiger partial charge on any atom is -0.303 e. The third-order valence-electron chi connectivity index (χ3n) is 3.89. The fourth-order valence-corrected chi connectivity index (χ4v) is 2.09. The van der Waals surface area contributed by atoms with Crippen LogP contribution in [0.4, 0.5) is 0 Å². The molecule has 2 rings (SSSR count). The molecule has 2 heteroatoms. The van der Waals surface area contributed by atoms with E-state index in [4.69, 9.17) is 0 Å². The van der Waals surface area contributed by atoms with Crippen molar-refractivity contribution in [3.63, 3.8) is 0 Å². The van der Waals surface area contributed by atoms with E-state index in [0.717, 1.165) is 0 Å². The first-order chi connectivity index (χ1) is 9.48. The molecule has 20 heavy (non-hydrogen) atoms. The van der Waals surface area contributed by atoms with E-state index >= 15 is 0 Å². The van der Waals surface area contributed by atoms with E-state index in [1.807, 2.05) is 12.4 Å². The molecule has 2 unspecified atom stereocenters. The smallest absolute Gasteiger partial charge is 0.0580 e. The van der Waals surface area contributed by atoms with Crippen molar-refractivity contribution in [1.82, 2.24) is 10.3 Å². The number of hydrogen-bond donors (Lipinski definition) is 1. The first kappa shape index (κ1) is 14.7. The minimum atomic E-state index is 0.202. The van der Waals surface area contributed by atoms with E-state index in [2.05, 4.69) is 80.5 Å². The quantitative estimate of drug-likeness (QED) is 0.899. The highest BCUT2D eigenvalue weighted by Gasteiger charge is 2.24. The molecular weight excluding hydrogens is 244 g/mol. The zero-order valence-electron chi connectivity index (χ0n) is 12.8. The summed E-state index contributed by atoms with van der Waals surface area (Å²) in [6.07, 6.45) is 3.71. The van der Waals surface area contributed by atoms with E-state index in [1.54, 1.807) is 0 Å². The van der Waals surface area contributed by atoms with Gasteiger partial charge in [-0.2, -0.15) is 0 Å². The Balaban J connectivity index is 2.31. The number of hydrogen-bond acceptors (Lipinski definition) is 2. The van der Waals surface area contributed by atoms with E-state index in [1.165, 1.54) is 11.1 Å². The van der Waals surface area contributed by atoms with Crippen molar-refractivity contribution in [2.24, 2.45) is 5.41 Å². The maximum atomic E-state index is 4.12. The predicted molar refractivity (Wildman–Crippen MR) is 84.6 cm³/mol. The molecule has 2 aromatic rings. The highest BCUT2D eigenvalue weighted by molar-refractivity contribution is 5.30. The maximum Gasteiger partial charge on any atom is 0.0580 e. The summed E-state index contributed by atoms with van der Waals surface area (Å²) >= 11 is 0. The highest BCUT2D eigenvalue weighted by atomic mass is 15.0. The highest BCUT2D eigenvalue weighted by Crippen LogP contribution is 2.26. The van der Waals surface area contributed by atoms with Crippen molar-refractivity contribution in [2.45, 2.75) is 39.8 Å². The molecule has 106 valence electrons. The average molecular weight is 268 g/mol. The van der Waals surface area contributed by atoms with Gasteiger partial charge in [-0.05, 0) is 35.6 Å². The number of nitrogens with one attached hydrogen (secondary N) is 1. The third kappa shape index (κ3) is 3.67. The van der Waals surface area contributed by atoms with Gasteiger partial charge in [0.25, 0.3) is 0 Å². The van der Waals surface area contributed by atoms with Gasteiger partial charge in [0.1, 0.15) is 0 Å². The molecule has 1 aromatic heterocycles. The molecule has 0 spiro atoms. The summed E-state index contributed by atoms with van der Waals surface area (Å²) in [5.41, 5.74) is 2.76. The lowest BCUT2D eigenvalue weighted by Gasteiger charge is -2.33. The maximum absolute atomic E-state index is 4.12. The zero-order valence-corrected chi connectivity index (χ0v) is 12.8. The van der Waals surface area contributed by atoms with Gasteiger partial charge in [-0.25, -0.2) is 0 Å². The van der Waals surface area contributed by atoms with Gasteiger partial charge in [-0.3, -0.25) is 4.98 Å². The molecule has 0 fully saturated rings. The van der Waals surface area contributed by atoms with Gasteiger partial charge >= 0.3 is 0 Å². The molecule has 0 saturated carbocycles.